The summed E-state index contributed by atoms with van der Waals surface area (Å²) in [6.07, 6.45) is 3.18. The Balaban J connectivity index is 1.61. The van der Waals surface area contributed by atoms with E-state index >= 15 is 0 Å². The maximum Gasteiger partial charge on any atom is 0.341 e. The third kappa shape index (κ3) is 4.31. The third-order valence-corrected chi connectivity index (χ3v) is 6.73. The predicted molar refractivity (Wildman–Crippen MR) is 101 cm³/mol. The molecule has 2 aromatic rings. The summed E-state index contributed by atoms with van der Waals surface area (Å²) in [5.74, 6) is 0.0895. The van der Waals surface area contributed by atoms with Gasteiger partial charge in [0, 0.05) is 17.1 Å². The molecule has 25 heavy (non-hydrogen) atoms. The fourth-order valence-corrected chi connectivity index (χ4v) is 5.55. The third-order valence-electron chi connectivity index (χ3n) is 3.63. The van der Waals surface area contributed by atoms with Gasteiger partial charge in [0.25, 0.3) is 0 Å². The van der Waals surface area contributed by atoms with E-state index in [-0.39, 0.29) is 11.9 Å². The monoisotopic (exact) mass is 398 g/mol. The second kappa shape index (κ2) is 8.15. The van der Waals surface area contributed by atoms with Gasteiger partial charge in [0.1, 0.15) is 5.00 Å². The lowest BCUT2D eigenvalue weighted by Gasteiger charge is -2.07. The van der Waals surface area contributed by atoms with Gasteiger partial charge < -0.3 is 15.8 Å². The molecule has 0 bridgehead atoms. The van der Waals surface area contributed by atoms with Crippen LogP contribution in [0.4, 0.5) is 10.1 Å². The van der Waals surface area contributed by atoms with Crippen LogP contribution in [0.3, 0.4) is 0 Å². The van der Waals surface area contributed by atoms with Gasteiger partial charge in [-0.1, -0.05) is 23.1 Å². The fraction of sp³-hybridized carbons (Fsp3) is 0.467. The number of thiophene rings is 1. The second-order valence-electron chi connectivity index (χ2n) is 5.33. The number of anilines is 2. The van der Waals surface area contributed by atoms with E-state index in [1.165, 1.54) is 39.3 Å². The molecular weight excluding hydrogens is 380 g/mol. The summed E-state index contributed by atoms with van der Waals surface area (Å²) < 4.78 is 5.90. The summed E-state index contributed by atoms with van der Waals surface area (Å²) >= 11 is 4.23. The van der Waals surface area contributed by atoms with Crippen LogP contribution in [0.1, 0.15) is 40.6 Å². The maximum absolute atomic E-state index is 12.3. The topological polar surface area (TPSA) is 107 Å². The summed E-state index contributed by atoms with van der Waals surface area (Å²) in [6, 6.07) is 0. The lowest BCUT2D eigenvalue weighted by Crippen LogP contribution is -2.15. The van der Waals surface area contributed by atoms with Crippen LogP contribution in [0, 0.1) is 0 Å². The molecule has 0 radical (unpaired) electrons. The number of rotatable bonds is 7. The first-order valence-corrected chi connectivity index (χ1v) is 10.5. The molecule has 0 fully saturated rings. The molecule has 1 aliphatic rings. The van der Waals surface area contributed by atoms with Crippen LogP contribution < -0.4 is 11.1 Å². The summed E-state index contributed by atoms with van der Waals surface area (Å²) in [4.78, 5) is 25.7. The molecule has 10 heteroatoms. The van der Waals surface area contributed by atoms with Gasteiger partial charge in [0.2, 0.25) is 11.0 Å². The number of fused-ring (bicyclic) bond motifs is 1. The van der Waals surface area contributed by atoms with Crippen molar-refractivity contribution in [2.75, 3.05) is 23.4 Å². The molecule has 2 heterocycles. The number of hydrogen-bond acceptors (Lipinski definition) is 9. The highest BCUT2D eigenvalue weighted by atomic mass is 32.2. The number of esters is 1. The van der Waals surface area contributed by atoms with Crippen molar-refractivity contribution in [3.05, 3.63) is 16.0 Å². The SMILES string of the molecule is CCOC(=O)c1c(NC(=O)CCSc2nnc(N)s2)sc2c1CCC2. The van der Waals surface area contributed by atoms with Gasteiger partial charge in [-0.2, -0.15) is 0 Å². The fourth-order valence-electron chi connectivity index (χ4n) is 2.61. The molecule has 0 aromatic carbocycles. The van der Waals surface area contributed by atoms with Gasteiger partial charge in [-0.25, -0.2) is 4.79 Å². The van der Waals surface area contributed by atoms with Gasteiger partial charge in [0.15, 0.2) is 4.34 Å². The number of ether oxygens (including phenoxy) is 1. The predicted octanol–water partition coefficient (Wildman–Crippen LogP) is 2.97. The van der Waals surface area contributed by atoms with Crippen molar-refractivity contribution in [2.45, 2.75) is 36.9 Å². The van der Waals surface area contributed by atoms with E-state index in [0.717, 1.165) is 29.2 Å². The Morgan fingerprint density at radius 1 is 1.32 bits per heavy atom. The second-order valence-corrected chi connectivity index (χ2v) is 8.79. The van der Waals surface area contributed by atoms with E-state index < -0.39 is 0 Å². The Kier molecular flexibility index (Phi) is 5.92. The molecule has 0 spiro atoms. The maximum atomic E-state index is 12.3. The first-order valence-electron chi connectivity index (χ1n) is 7.91. The Morgan fingerprint density at radius 3 is 2.88 bits per heavy atom. The Labute approximate surface area is 157 Å². The molecule has 0 saturated carbocycles. The highest BCUT2D eigenvalue weighted by Crippen LogP contribution is 2.39. The Hall–Kier alpha value is -1.65. The van der Waals surface area contributed by atoms with Crippen molar-refractivity contribution in [1.29, 1.82) is 0 Å². The van der Waals surface area contributed by atoms with E-state index in [0.29, 0.717) is 34.5 Å². The van der Waals surface area contributed by atoms with E-state index in [9.17, 15) is 9.59 Å². The molecule has 1 aliphatic carbocycles. The van der Waals surface area contributed by atoms with Crippen LogP contribution in [0.25, 0.3) is 0 Å². The Bertz CT molecular complexity index is 787. The number of carbonyl (C=O) groups excluding carboxylic acids is 2. The molecule has 0 saturated heterocycles. The zero-order valence-corrected chi connectivity index (χ0v) is 16.1. The zero-order valence-electron chi connectivity index (χ0n) is 13.7. The summed E-state index contributed by atoms with van der Waals surface area (Å²) in [7, 11) is 0. The van der Waals surface area contributed by atoms with Crippen molar-refractivity contribution in [3.8, 4) is 0 Å². The van der Waals surface area contributed by atoms with Crippen molar-refractivity contribution < 1.29 is 14.3 Å². The Morgan fingerprint density at radius 2 is 2.16 bits per heavy atom. The molecule has 0 atom stereocenters. The largest absolute Gasteiger partial charge is 0.462 e. The zero-order chi connectivity index (χ0) is 17.8. The van der Waals surface area contributed by atoms with Crippen LogP contribution in [-0.4, -0.2) is 34.4 Å². The molecule has 0 unspecified atom stereocenters. The molecule has 7 nitrogen and oxygen atoms in total. The molecule has 0 aliphatic heterocycles. The minimum Gasteiger partial charge on any atom is -0.462 e. The molecule has 3 N–H and O–H groups in total. The summed E-state index contributed by atoms with van der Waals surface area (Å²) in [6.45, 7) is 2.10. The standard InChI is InChI=1S/C15H18N4O3S3/c1-2-22-13(21)11-8-4-3-5-9(8)24-12(11)17-10(20)6-7-23-15-19-18-14(16)25-15/h2-7H2,1H3,(H2,16,18)(H,17,20). The number of nitrogens with one attached hydrogen (secondary N) is 1. The lowest BCUT2D eigenvalue weighted by atomic mass is 10.1. The van der Waals surface area contributed by atoms with E-state index in [4.69, 9.17) is 10.5 Å². The first kappa shape index (κ1) is 18.2. The number of aryl methyl sites for hydroxylation is 1. The van der Waals surface area contributed by atoms with Gasteiger partial charge in [-0.3, -0.25) is 4.79 Å². The van der Waals surface area contributed by atoms with Crippen molar-refractivity contribution >= 4 is 56.4 Å². The lowest BCUT2D eigenvalue weighted by molar-refractivity contribution is -0.115. The smallest absolute Gasteiger partial charge is 0.341 e. The average molecular weight is 399 g/mol. The van der Waals surface area contributed by atoms with E-state index in [2.05, 4.69) is 15.5 Å². The number of nitrogens with zero attached hydrogens (tertiary/aromatic N) is 2. The number of hydrogen-bond donors (Lipinski definition) is 2. The van der Waals surface area contributed by atoms with Gasteiger partial charge in [-0.15, -0.1) is 21.5 Å². The number of nitrogens with two attached hydrogens (primary N) is 1. The van der Waals surface area contributed by atoms with E-state index in [1.807, 2.05) is 0 Å². The molecule has 3 rings (SSSR count). The first-order chi connectivity index (χ1) is 12.1. The number of thioether (sulfide) groups is 1. The van der Waals surface area contributed by atoms with Crippen LogP contribution in [0.15, 0.2) is 4.34 Å². The number of amides is 1. The van der Waals surface area contributed by atoms with Crippen LogP contribution >= 0.6 is 34.4 Å². The normalized spacial score (nSPS) is 12.8. The average Bonchev–Trinajstić information content (AvgIpc) is 3.23. The number of aromatic nitrogens is 2. The van der Waals surface area contributed by atoms with Gasteiger partial charge >= 0.3 is 5.97 Å². The van der Waals surface area contributed by atoms with Crippen LogP contribution in [0.2, 0.25) is 0 Å². The minimum absolute atomic E-state index is 0.129. The van der Waals surface area contributed by atoms with Crippen molar-refractivity contribution in [2.24, 2.45) is 0 Å². The summed E-state index contributed by atoms with van der Waals surface area (Å²) in [5.41, 5.74) is 7.11. The number of nitrogen functional groups attached to an aromatic ring is 1. The van der Waals surface area contributed by atoms with Crippen LogP contribution in [0.5, 0.6) is 0 Å². The quantitative estimate of drug-likeness (QED) is 0.545. The molecule has 1 amide bonds. The van der Waals surface area contributed by atoms with Crippen molar-refractivity contribution in [1.82, 2.24) is 10.2 Å². The highest BCUT2D eigenvalue weighted by molar-refractivity contribution is 8.01. The minimum atomic E-state index is -0.351. The summed E-state index contributed by atoms with van der Waals surface area (Å²) in [5, 5.41) is 11.5. The van der Waals surface area contributed by atoms with Gasteiger partial charge in [-0.05, 0) is 31.7 Å². The van der Waals surface area contributed by atoms with Crippen LogP contribution in [-0.2, 0) is 22.4 Å². The number of carbonyl (C=O) groups is 2. The molecule has 2 aromatic heterocycles. The van der Waals surface area contributed by atoms with Gasteiger partial charge in [0.05, 0.1) is 12.2 Å². The molecular formula is C15H18N4O3S3. The highest BCUT2D eigenvalue weighted by Gasteiger charge is 2.28. The van der Waals surface area contributed by atoms with E-state index in [1.54, 1.807) is 6.92 Å². The van der Waals surface area contributed by atoms with Crippen molar-refractivity contribution in [3.63, 3.8) is 0 Å². The molecule has 134 valence electrons.